The number of aromatic nitrogens is 3. The summed E-state index contributed by atoms with van der Waals surface area (Å²) in [5.74, 6) is 0.434. The van der Waals surface area contributed by atoms with Crippen LogP contribution >= 0.6 is 11.3 Å². The van der Waals surface area contributed by atoms with Gasteiger partial charge in [-0.3, -0.25) is 14.5 Å². The lowest BCUT2D eigenvalue weighted by Crippen LogP contribution is -2.58. The number of nitrogens with one attached hydrogen (secondary N) is 2. The van der Waals surface area contributed by atoms with Crippen molar-refractivity contribution in [2.75, 3.05) is 25.0 Å². The molecule has 6 rings (SSSR count). The fourth-order valence-corrected chi connectivity index (χ4v) is 6.94. The van der Waals surface area contributed by atoms with Gasteiger partial charge < -0.3 is 20.1 Å². The van der Waals surface area contributed by atoms with Gasteiger partial charge in [-0.1, -0.05) is 17.4 Å². The molecule has 1 saturated heterocycles. The average Bonchev–Trinajstić information content (AvgIpc) is 3.53. The Morgan fingerprint density at radius 2 is 1.95 bits per heavy atom. The summed E-state index contributed by atoms with van der Waals surface area (Å²) in [7, 11) is 0. The van der Waals surface area contributed by atoms with E-state index in [9.17, 15) is 9.59 Å². The normalized spacial score (nSPS) is 26.9. The third-order valence-corrected chi connectivity index (χ3v) is 9.23. The molecular weight excluding hydrogens is 528 g/mol. The number of hydrogen-bond donors (Lipinski definition) is 2. The number of carbonyl (C=O) groups is 2. The van der Waals surface area contributed by atoms with Crippen LogP contribution in [0.15, 0.2) is 30.6 Å². The van der Waals surface area contributed by atoms with E-state index in [1.54, 1.807) is 12.4 Å². The summed E-state index contributed by atoms with van der Waals surface area (Å²) in [6, 6.07) is 7.05. The number of amides is 1. The van der Waals surface area contributed by atoms with Gasteiger partial charge in [0.2, 0.25) is 5.91 Å². The van der Waals surface area contributed by atoms with Crippen LogP contribution in [0.2, 0.25) is 0 Å². The summed E-state index contributed by atoms with van der Waals surface area (Å²) in [5.41, 5.74) is 2.74. The molecule has 2 aromatic heterocycles. The zero-order chi connectivity index (χ0) is 27.6. The molecule has 1 aromatic carbocycles. The Balaban J connectivity index is 1.03. The van der Waals surface area contributed by atoms with Crippen molar-refractivity contribution in [3.05, 3.63) is 36.4 Å². The Bertz CT molecular complexity index is 1360. The molecule has 1 aliphatic heterocycles. The van der Waals surface area contributed by atoms with Gasteiger partial charge in [-0.15, -0.1) is 0 Å². The van der Waals surface area contributed by atoms with Gasteiger partial charge in [0.25, 0.3) is 0 Å². The van der Waals surface area contributed by atoms with E-state index in [4.69, 9.17) is 9.47 Å². The Labute approximate surface area is 237 Å². The second kappa shape index (κ2) is 11.9. The van der Waals surface area contributed by atoms with Gasteiger partial charge in [0.05, 0.1) is 16.3 Å². The van der Waals surface area contributed by atoms with Crippen molar-refractivity contribution in [3.63, 3.8) is 0 Å². The summed E-state index contributed by atoms with van der Waals surface area (Å²) >= 11 is 1.49. The van der Waals surface area contributed by atoms with Crippen molar-refractivity contribution in [1.29, 1.82) is 0 Å². The molecule has 40 heavy (non-hydrogen) atoms. The molecule has 2 N–H and O–H groups in total. The number of carbonyl (C=O) groups excluding carboxylic acids is 2. The molecule has 11 heteroatoms. The maximum absolute atomic E-state index is 12.9. The van der Waals surface area contributed by atoms with Crippen LogP contribution in [0.5, 0.6) is 0 Å². The van der Waals surface area contributed by atoms with Crippen LogP contribution in [0.3, 0.4) is 0 Å². The maximum atomic E-state index is 12.9. The van der Waals surface area contributed by atoms with Gasteiger partial charge in [0, 0.05) is 62.5 Å². The van der Waals surface area contributed by atoms with E-state index in [2.05, 4.69) is 43.5 Å². The fourth-order valence-electron chi connectivity index (χ4n) is 6.03. The molecule has 0 unspecified atom stereocenters. The van der Waals surface area contributed by atoms with Gasteiger partial charge in [0.15, 0.2) is 11.0 Å². The van der Waals surface area contributed by atoms with Crippen LogP contribution in [0.4, 0.5) is 5.13 Å². The van der Waals surface area contributed by atoms with E-state index in [0.29, 0.717) is 23.0 Å². The SMILES string of the molecule is CC(=O)O[C@H]1CCC[C@@H]1OCc1ncc(-c2ccc3nc(NC(=O)C4CC(N5CCNC[C@@H]5C)C4)sc3c2)cn1. The zero-order valence-corrected chi connectivity index (χ0v) is 23.8. The predicted molar refractivity (Wildman–Crippen MR) is 153 cm³/mol. The highest BCUT2D eigenvalue weighted by atomic mass is 32.1. The molecule has 3 aliphatic rings. The molecule has 2 saturated carbocycles. The first-order chi connectivity index (χ1) is 19.4. The number of nitrogens with zero attached hydrogens (tertiary/aromatic N) is 4. The van der Waals surface area contributed by atoms with Crippen molar-refractivity contribution in [3.8, 4) is 11.1 Å². The van der Waals surface area contributed by atoms with E-state index < -0.39 is 0 Å². The Morgan fingerprint density at radius 1 is 1.15 bits per heavy atom. The molecule has 3 fully saturated rings. The number of rotatable bonds is 8. The first-order valence-electron chi connectivity index (χ1n) is 14.2. The zero-order valence-electron chi connectivity index (χ0n) is 23.0. The van der Waals surface area contributed by atoms with E-state index in [1.807, 2.05) is 12.1 Å². The number of anilines is 1. The molecule has 3 atom stereocenters. The summed E-state index contributed by atoms with van der Waals surface area (Å²) in [4.78, 5) is 40.3. The second-order valence-electron chi connectivity index (χ2n) is 11.1. The largest absolute Gasteiger partial charge is 0.460 e. The van der Waals surface area contributed by atoms with Crippen molar-refractivity contribution in [1.82, 2.24) is 25.2 Å². The lowest BCUT2D eigenvalue weighted by molar-refractivity contribution is -0.153. The number of fused-ring (bicyclic) bond motifs is 1. The molecule has 2 aliphatic carbocycles. The average molecular weight is 565 g/mol. The third-order valence-electron chi connectivity index (χ3n) is 8.30. The monoisotopic (exact) mass is 564 g/mol. The van der Waals surface area contributed by atoms with Crippen LogP contribution in [0, 0.1) is 5.92 Å². The highest BCUT2D eigenvalue weighted by molar-refractivity contribution is 7.22. The van der Waals surface area contributed by atoms with Crippen molar-refractivity contribution in [2.24, 2.45) is 5.92 Å². The van der Waals surface area contributed by atoms with Gasteiger partial charge in [-0.25, -0.2) is 15.0 Å². The van der Waals surface area contributed by atoms with E-state index in [-0.39, 0.29) is 36.6 Å². The van der Waals surface area contributed by atoms with E-state index in [1.165, 1.54) is 18.3 Å². The molecule has 212 valence electrons. The van der Waals surface area contributed by atoms with Gasteiger partial charge in [0.1, 0.15) is 12.7 Å². The quantitative estimate of drug-likeness (QED) is 0.394. The van der Waals surface area contributed by atoms with Crippen LogP contribution in [-0.4, -0.2) is 75.7 Å². The van der Waals surface area contributed by atoms with Crippen LogP contribution in [-0.2, 0) is 25.7 Å². The number of esters is 1. The minimum atomic E-state index is -0.277. The summed E-state index contributed by atoms with van der Waals surface area (Å²) in [6.45, 7) is 7.05. The number of benzene rings is 1. The lowest BCUT2D eigenvalue weighted by atomic mass is 9.78. The number of piperazine rings is 1. The maximum Gasteiger partial charge on any atom is 0.302 e. The predicted octanol–water partition coefficient (Wildman–Crippen LogP) is 3.76. The third kappa shape index (κ3) is 6.02. The number of ether oxygens (including phenoxy) is 2. The summed E-state index contributed by atoms with van der Waals surface area (Å²) in [6.07, 6.45) is 7.78. The smallest absolute Gasteiger partial charge is 0.302 e. The molecule has 0 radical (unpaired) electrons. The Morgan fingerprint density at radius 3 is 2.73 bits per heavy atom. The summed E-state index contributed by atoms with van der Waals surface area (Å²) < 4.78 is 12.3. The van der Waals surface area contributed by atoms with Gasteiger partial charge >= 0.3 is 5.97 Å². The first kappa shape index (κ1) is 27.2. The molecule has 0 spiro atoms. The molecule has 3 heterocycles. The van der Waals surface area contributed by atoms with E-state index in [0.717, 1.165) is 73.1 Å². The Kier molecular flexibility index (Phi) is 8.06. The lowest BCUT2D eigenvalue weighted by Gasteiger charge is -2.47. The van der Waals surface area contributed by atoms with Crippen molar-refractivity contribution >= 4 is 38.6 Å². The fraction of sp³-hybridized carbons (Fsp3) is 0.552. The topological polar surface area (TPSA) is 119 Å². The van der Waals surface area contributed by atoms with E-state index >= 15 is 0 Å². The molecule has 1 amide bonds. The number of hydrogen-bond acceptors (Lipinski definition) is 10. The van der Waals surface area contributed by atoms with Crippen molar-refractivity contribution in [2.45, 2.75) is 76.9 Å². The molecule has 10 nitrogen and oxygen atoms in total. The first-order valence-corrected chi connectivity index (χ1v) is 15.0. The Hall–Kier alpha value is -2.99. The van der Waals surface area contributed by atoms with Crippen molar-refractivity contribution < 1.29 is 19.1 Å². The highest BCUT2D eigenvalue weighted by Crippen LogP contribution is 2.36. The minimum Gasteiger partial charge on any atom is -0.460 e. The minimum absolute atomic E-state index is 0.0514. The molecular formula is C29H36N6O4S. The van der Waals surface area contributed by atoms with Gasteiger partial charge in [-0.05, 0) is 56.7 Å². The van der Waals surface area contributed by atoms with Gasteiger partial charge in [-0.2, -0.15) is 0 Å². The summed E-state index contributed by atoms with van der Waals surface area (Å²) in [5, 5.41) is 7.13. The van der Waals surface area contributed by atoms with Crippen LogP contribution < -0.4 is 10.6 Å². The second-order valence-corrected chi connectivity index (χ2v) is 12.2. The molecule has 3 aromatic rings. The molecule has 0 bridgehead atoms. The highest BCUT2D eigenvalue weighted by Gasteiger charge is 2.40. The number of thiazole rings is 1. The standard InChI is InChI=1S/C29H36N6O4S/c1-17-13-30-8-9-35(17)22-10-20(11-22)28(37)34-29-33-23-7-6-19(12-26(23)40-29)21-14-31-27(32-15-21)16-38-24-4-3-5-25(24)39-18(2)36/h6-7,12,14-15,17,20,22,24-25,30H,3-5,8-11,13,16H2,1-2H3,(H,33,34,37)/t17-,20?,22?,24-,25-/m0/s1. The van der Waals surface area contributed by atoms with Crippen LogP contribution in [0.1, 0.15) is 51.8 Å². The van der Waals surface area contributed by atoms with Crippen LogP contribution in [0.25, 0.3) is 21.3 Å².